The maximum Gasteiger partial charge on any atom is 0.230 e. The molecule has 0 aromatic heterocycles. The van der Waals surface area contributed by atoms with Crippen LogP contribution in [0.3, 0.4) is 0 Å². The number of allylic oxidation sites excluding steroid dienone is 2. The molecule has 1 amide bonds. The van der Waals surface area contributed by atoms with Crippen LogP contribution in [-0.2, 0) is 4.79 Å². The van der Waals surface area contributed by atoms with Crippen molar-refractivity contribution in [3.63, 3.8) is 0 Å². The zero-order chi connectivity index (χ0) is 17.4. The van der Waals surface area contributed by atoms with Gasteiger partial charge in [-0.25, -0.2) is 0 Å². The molecule has 2 N–H and O–H groups in total. The minimum atomic E-state index is -0.252. The summed E-state index contributed by atoms with van der Waals surface area (Å²) in [6.07, 6.45) is 12.8. The molecule has 0 aromatic carbocycles. The first-order valence-corrected chi connectivity index (χ1v) is 9.89. The summed E-state index contributed by atoms with van der Waals surface area (Å²) in [4.78, 5) is 17.8. The van der Waals surface area contributed by atoms with E-state index in [0.29, 0.717) is 11.9 Å². The van der Waals surface area contributed by atoms with Gasteiger partial charge in [0.1, 0.15) is 6.17 Å². The number of nitrogens with one attached hydrogen (secondary N) is 1. The van der Waals surface area contributed by atoms with Crippen molar-refractivity contribution in [1.82, 2.24) is 15.1 Å². The lowest BCUT2D eigenvalue weighted by Gasteiger charge is -2.43. The predicted octanol–water partition coefficient (Wildman–Crippen LogP) is 1.97. The normalized spacial score (nSPS) is 39.6. The van der Waals surface area contributed by atoms with Gasteiger partial charge >= 0.3 is 0 Å². The van der Waals surface area contributed by atoms with Gasteiger partial charge in [0.05, 0.1) is 16.6 Å². The smallest absolute Gasteiger partial charge is 0.230 e. The number of carbonyl (C=O) groups is 1. The Morgan fingerprint density at radius 2 is 2.04 bits per heavy atom. The van der Waals surface area contributed by atoms with Crippen LogP contribution in [0.25, 0.3) is 0 Å². The van der Waals surface area contributed by atoms with Crippen LogP contribution in [-0.4, -0.2) is 58.8 Å². The Bertz CT molecular complexity index is 585. The van der Waals surface area contributed by atoms with Crippen molar-refractivity contribution in [3.05, 3.63) is 23.4 Å². The molecule has 4 aliphatic rings. The number of likely N-dealkylation sites (tertiary alicyclic amines) is 2. The fourth-order valence-electron chi connectivity index (χ4n) is 5.02. The van der Waals surface area contributed by atoms with E-state index in [1.807, 2.05) is 0 Å². The summed E-state index contributed by atoms with van der Waals surface area (Å²) in [6, 6.07) is 0.319. The standard InChI is InChI=1S/C19H27ClN3O2/c20-16-3-1-10-21-17(16)22-11-2-8-19(13-22)9-12-23(18(19)25)14-4-6-15(24)7-5-14/h3,10,14-15,17,21,24H,2,4-9,11-13H2/t14-,15-,17?,19-/m1/s1. The SMILES string of the molecule is O=C1N([C@H]2CC[C@H](O)CC2)CC[C@@]12CCCN(C1NC=[C]C=C1Cl)C2. The van der Waals surface area contributed by atoms with E-state index in [2.05, 4.69) is 21.2 Å². The minimum Gasteiger partial charge on any atom is -0.393 e. The van der Waals surface area contributed by atoms with Crippen LogP contribution in [0.15, 0.2) is 17.3 Å². The van der Waals surface area contributed by atoms with Gasteiger partial charge in [0.15, 0.2) is 0 Å². The van der Waals surface area contributed by atoms with E-state index in [4.69, 9.17) is 11.6 Å². The van der Waals surface area contributed by atoms with E-state index in [1.54, 1.807) is 12.3 Å². The summed E-state index contributed by atoms with van der Waals surface area (Å²) >= 11 is 6.37. The van der Waals surface area contributed by atoms with E-state index in [0.717, 1.165) is 69.6 Å². The van der Waals surface area contributed by atoms with Gasteiger partial charge in [-0.05, 0) is 51.0 Å². The Kier molecular flexibility index (Phi) is 4.82. The third-order valence-corrected chi connectivity index (χ3v) is 6.75. The largest absolute Gasteiger partial charge is 0.393 e. The molecule has 3 fully saturated rings. The van der Waals surface area contributed by atoms with Crippen LogP contribution in [0.2, 0.25) is 0 Å². The lowest BCUT2D eigenvalue weighted by atomic mass is 9.78. The second-order valence-corrected chi connectivity index (χ2v) is 8.41. The van der Waals surface area contributed by atoms with Crippen LogP contribution < -0.4 is 5.32 Å². The summed E-state index contributed by atoms with van der Waals surface area (Å²) < 4.78 is 0. The third-order valence-electron chi connectivity index (χ3n) is 6.43. The predicted molar refractivity (Wildman–Crippen MR) is 96.5 cm³/mol. The van der Waals surface area contributed by atoms with Gasteiger partial charge in [-0.15, -0.1) is 0 Å². The van der Waals surface area contributed by atoms with Crippen LogP contribution in [0.5, 0.6) is 0 Å². The second kappa shape index (κ2) is 6.93. The quantitative estimate of drug-likeness (QED) is 0.786. The highest BCUT2D eigenvalue weighted by Gasteiger charge is 2.51. The second-order valence-electron chi connectivity index (χ2n) is 7.97. The Morgan fingerprint density at radius 3 is 2.80 bits per heavy atom. The van der Waals surface area contributed by atoms with Crippen molar-refractivity contribution in [1.29, 1.82) is 0 Å². The summed E-state index contributed by atoms with van der Waals surface area (Å²) in [6.45, 7) is 2.59. The molecule has 25 heavy (non-hydrogen) atoms. The molecule has 1 aliphatic carbocycles. The lowest BCUT2D eigenvalue weighted by molar-refractivity contribution is -0.142. The number of dihydropyridines is 1. The van der Waals surface area contributed by atoms with Gasteiger partial charge in [-0.2, -0.15) is 0 Å². The highest BCUT2D eigenvalue weighted by Crippen LogP contribution is 2.43. The number of rotatable bonds is 2. The number of amides is 1. The first-order valence-electron chi connectivity index (χ1n) is 9.52. The summed E-state index contributed by atoms with van der Waals surface area (Å²) in [5, 5.41) is 13.8. The van der Waals surface area contributed by atoms with Gasteiger partial charge < -0.3 is 15.3 Å². The summed E-state index contributed by atoms with van der Waals surface area (Å²) in [5.74, 6) is 0.330. The maximum atomic E-state index is 13.3. The monoisotopic (exact) mass is 364 g/mol. The molecule has 0 aromatic rings. The highest BCUT2D eigenvalue weighted by atomic mass is 35.5. The molecular formula is C19H27ClN3O2. The van der Waals surface area contributed by atoms with Crippen LogP contribution in [0.1, 0.15) is 44.9 Å². The Hall–Kier alpha value is -1.04. The van der Waals surface area contributed by atoms with Gasteiger partial charge in [0.2, 0.25) is 5.91 Å². The summed E-state index contributed by atoms with van der Waals surface area (Å²) in [5.41, 5.74) is -0.252. The molecule has 5 nitrogen and oxygen atoms in total. The van der Waals surface area contributed by atoms with Crippen LogP contribution >= 0.6 is 11.6 Å². The average molecular weight is 365 g/mol. The third kappa shape index (κ3) is 3.22. The fraction of sp³-hybridized carbons (Fsp3) is 0.737. The lowest BCUT2D eigenvalue weighted by Crippen LogP contribution is -2.55. The number of hydrogen-bond donors (Lipinski definition) is 2. The van der Waals surface area contributed by atoms with E-state index in [9.17, 15) is 9.90 Å². The zero-order valence-electron chi connectivity index (χ0n) is 14.6. The van der Waals surface area contributed by atoms with Crippen molar-refractivity contribution < 1.29 is 9.90 Å². The topological polar surface area (TPSA) is 55.8 Å². The van der Waals surface area contributed by atoms with Crippen LogP contribution in [0, 0.1) is 11.5 Å². The molecule has 3 heterocycles. The number of halogens is 1. The molecular weight excluding hydrogens is 338 g/mol. The Balaban J connectivity index is 1.45. The van der Waals surface area contributed by atoms with Crippen molar-refractivity contribution in [3.8, 4) is 0 Å². The van der Waals surface area contributed by atoms with E-state index in [1.165, 1.54) is 0 Å². The van der Waals surface area contributed by atoms with E-state index >= 15 is 0 Å². The van der Waals surface area contributed by atoms with Gasteiger partial charge in [0, 0.05) is 38.0 Å². The van der Waals surface area contributed by atoms with Gasteiger partial charge in [0.25, 0.3) is 0 Å². The molecule has 2 atom stereocenters. The number of hydrogen-bond acceptors (Lipinski definition) is 4. The molecule has 137 valence electrons. The number of nitrogens with zero attached hydrogens (tertiary/aromatic N) is 2. The fourth-order valence-corrected chi connectivity index (χ4v) is 5.28. The van der Waals surface area contributed by atoms with Crippen molar-refractivity contribution in [2.75, 3.05) is 19.6 Å². The van der Waals surface area contributed by atoms with E-state index in [-0.39, 0.29) is 17.7 Å². The highest BCUT2D eigenvalue weighted by molar-refractivity contribution is 6.30. The van der Waals surface area contributed by atoms with Crippen molar-refractivity contribution >= 4 is 17.5 Å². The molecule has 2 saturated heterocycles. The van der Waals surface area contributed by atoms with Gasteiger partial charge in [-0.1, -0.05) is 11.6 Å². The van der Waals surface area contributed by atoms with Gasteiger partial charge in [-0.3, -0.25) is 9.69 Å². The zero-order valence-corrected chi connectivity index (χ0v) is 15.3. The molecule has 6 heteroatoms. The first kappa shape index (κ1) is 17.4. The molecule has 0 bridgehead atoms. The van der Waals surface area contributed by atoms with Crippen molar-refractivity contribution in [2.45, 2.75) is 63.3 Å². The van der Waals surface area contributed by atoms with E-state index < -0.39 is 0 Å². The molecule has 3 aliphatic heterocycles. The molecule has 1 unspecified atom stereocenters. The number of aliphatic hydroxyl groups is 1. The average Bonchev–Trinajstić information content (AvgIpc) is 2.92. The maximum absolute atomic E-state index is 13.3. The Morgan fingerprint density at radius 1 is 1.24 bits per heavy atom. The van der Waals surface area contributed by atoms with Crippen LogP contribution in [0.4, 0.5) is 0 Å². The molecule has 1 radical (unpaired) electrons. The molecule has 1 saturated carbocycles. The summed E-state index contributed by atoms with van der Waals surface area (Å²) in [7, 11) is 0. The molecule has 1 spiro atoms. The van der Waals surface area contributed by atoms with Crippen molar-refractivity contribution in [2.24, 2.45) is 5.41 Å². The first-order chi connectivity index (χ1) is 12.1. The number of piperidine rings is 1. The number of aliphatic hydroxyl groups excluding tert-OH is 1. The Labute approximate surface area is 154 Å². The number of carbonyl (C=O) groups excluding carboxylic acids is 1. The minimum absolute atomic E-state index is 0.0354. The molecule has 4 rings (SSSR count).